The topological polar surface area (TPSA) is 43.4 Å². The number of carbonyl (C=O) groups excluding carboxylic acids is 2. The lowest BCUT2D eigenvalue weighted by Gasteiger charge is -2.22. The van der Waals surface area contributed by atoms with Crippen LogP contribution in [0.2, 0.25) is 0 Å². The molecule has 1 aliphatic rings. The van der Waals surface area contributed by atoms with Gasteiger partial charge < -0.3 is 4.74 Å². The Labute approximate surface area is 103 Å². The number of alkyl halides is 2. The minimum absolute atomic E-state index is 0.195. The van der Waals surface area contributed by atoms with Crippen molar-refractivity contribution in [2.75, 3.05) is 7.11 Å². The summed E-state index contributed by atoms with van der Waals surface area (Å²) in [5.41, 5.74) is -0.917. The van der Waals surface area contributed by atoms with Crippen LogP contribution in [0.25, 0.3) is 0 Å². The molecule has 3 nitrogen and oxygen atoms in total. The molecular weight excluding hydrogens is 242 g/mol. The summed E-state index contributed by atoms with van der Waals surface area (Å²) >= 11 is 0. The van der Waals surface area contributed by atoms with Gasteiger partial charge in [-0.3, -0.25) is 9.59 Å². The van der Waals surface area contributed by atoms with E-state index < -0.39 is 23.6 Å². The van der Waals surface area contributed by atoms with E-state index in [1.54, 1.807) is 19.1 Å². The number of esters is 1. The van der Waals surface area contributed by atoms with Gasteiger partial charge in [0, 0.05) is 12.0 Å². The lowest BCUT2D eigenvalue weighted by molar-refractivity contribution is -0.157. The molecule has 0 bridgehead atoms. The number of halogens is 2. The van der Waals surface area contributed by atoms with Gasteiger partial charge in [0.15, 0.2) is 11.2 Å². The lowest BCUT2D eigenvalue weighted by Crippen LogP contribution is -2.44. The van der Waals surface area contributed by atoms with Gasteiger partial charge in [-0.1, -0.05) is 17.7 Å². The number of aryl methyl sites for hydroxylation is 1. The summed E-state index contributed by atoms with van der Waals surface area (Å²) in [5.74, 6) is -2.01. The summed E-state index contributed by atoms with van der Waals surface area (Å²) in [6, 6.07) is 4.87. The predicted octanol–water partition coefficient (Wildman–Crippen LogP) is 2.16. The molecule has 0 fully saturated rings. The highest BCUT2D eigenvalue weighted by atomic mass is 19.3. The zero-order valence-corrected chi connectivity index (χ0v) is 10.00. The van der Waals surface area contributed by atoms with Gasteiger partial charge in [-0.15, -0.1) is 0 Å². The van der Waals surface area contributed by atoms with Crippen molar-refractivity contribution in [3.05, 3.63) is 34.9 Å². The van der Waals surface area contributed by atoms with E-state index >= 15 is 0 Å². The van der Waals surface area contributed by atoms with Gasteiger partial charge >= 0.3 is 5.97 Å². The van der Waals surface area contributed by atoms with E-state index in [0.29, 0.717) is 5.56 Å². The monoisotopic (exact) mass is 254 g/mol. The molecule has 1 atom stereocenters. The lowest BCUT2D eigenvalue weighted by atomic mass is 9.84. The highest BCUT2D eigenvalue weighted by Gasteiger charge is 2.59. The van der Waals surface area contributed by atoms with Crippen molar-refractivity contribution in [2.45, 2.75) is 19.8 Å². The standard InChI is InChI=1S/C13H12F2O3/c1-7-3-4-8-6-13(11(14)15,12(17)18-2)10(16)9(8)5-7/h3-5,11H,6H2,1-2H3. The number of ketones is 1. The fourth-order valence-electron chi connectivity index (χ4n) is 2.29. The minimum Gasteiger partial charge on any atom is -0.468 e. The van der Waals surface area contributed by atoms with Gasteiger partial charge in [0.1, 0.15) is 0 Å². The third-order valence-corrected chi connectivity index (χ3v) is 3.31. The Kier molecular flexibility index (Phi) is 2.92. The van der Waals surface area contributed by atoms with Crippen molar-refractivity contribution in [3.8, 4) is 0 Å². The van der Waals surface area contributed by atoms with Crippen LogP contribution in [0, 0.1) is 12.3 Å². The fraction of sp³-hybridized carbons (Fsp3) is 0.385. The number of ether oxygens (including phenoxy) is 1. The summed E-state index contributed by atoms with van der Waals surface area (Å²) in [7, 11) is 1.01. The highest BCUT2D eigenvalue weighted by molar-refractivity contribution is 6.16. The zero-order valence-electron chi connectivity index (χ0n) is 10.00. The van der Waals surface area contributed by atoms with Crippen LogP contribution in [-0.2, 0) is 16.0 Å². The van der Waals surface area contributed by atoms with Gasteiger partial charge in [0.2, 0.25) is 0 Å². The Balaban J connectivity index is 2.57. The smallest absolute Gasteiger partial charge is 0.326 e. The molecule has 0 spiro atoms. The Morgan fingerprint density at radius 2 is 2.11 bits per heavy atom. The van der Waals surface area contributed by atoms with E-state index in [-0.39, 0.29) is 12.0 Å². The largest absolute Gasteiger partial charge is 0.468 e. The molecule has 2 rings (SSSR count). The number of methoxy groups -OCH3 is 1. The zero-order chi connectivity index (χ0) is 13.5. The quantitative estimate of drug-likeness (QED) is 0.600. The van der Waals surface area contributed by atoms with E-state index in [0.717, 1.165) is 12.7 Å². The van der Waals surface area contributed by atoms with Crippen LogP contribution in [0.15, 0.2) is 18.2 Å². The van der Waals surface area contributed by atoms with Crippen LogP contribution in [-0.4, -0.2) is 25.3 Å². The number of hydrogen-bond acceptors (Lipinski definition) is 3. The molecule has 5 heteroatoms. The molecule has 0 saturated carbocycles. The van der Waals surface area contributed by atoms with E-state index in [1.807, 2.05) is 0 Å². The predicted molar refractivity (Wildman–Crippen MR) is 59.7 cm³/mol. The van der Waals surface area contributed by atoms with Crippen LogP contribution >= 0.6 is 0 Å². The van der Waals surface area contributed by atoms with Crippen LogP contribution in [0.4, 0.5) is 8.78 Å². The first-order valence-electron chi connectivity index (χ1n) is 5.44. The molecule has 0 N–H and O–H groups in total. The van der Waals surface area contributed by atoms with Crippen molar-refractivity contribution < 1.29 is 23.1 Å². The SMILES string of the molecule is COC(=O)C1(C(F)F)Cc2ccc(C)cc2C1=O. The van der Waals surface area contributed by atoms with Crippen molar-refractivity contribution in [2.24, 2.45) is 5.41 Å². The van der Waals surface area contributed by atoms with Crippen molar-refractivity contribution in [3.63, 3.8) is 0 Å². The van der Waals surface area contributed by atoms with Crippen molar-refractivity contribution >= 4 is 11.8 Å². The molecule has 1 aromatic rings. The maximum atomic E-state index is 13.2. The third-order valence-electron chi connectivity index (χ3n) is 3.31. The van der Waals surface area contributed by atoms with Crippen molar-refractivity contribution in [1.82, 2.24) is 0 Å². The molecular formula is C13H12F2O3. The Morgan fingerprint density at radius 3 is 2.67 bits per heavy atom. The highest BCUT2D eigenvalue weighted by Crippen LogP contribution is 2.42. The molecule has 1 aliphatic carbocycles. The van der Waals surface area contributed by atoms with Gasteiger partial charge in [-0.05, 0) is 18.6 Å². The Morgan fingerprint density at radius 1 is 1.44 bits per heavy atom. The second kappa shape index (κ2) is 4.15. The van der Waals surface area contributed by atoms with Crippen LogP contribution < -0.4 is 0 Å². The normalized spacial score (nSPS) is 22.2. The Bertz CT molecular complexity index is 525. The summed E-state index contributed by atoms with van der Waals surface area (Å²) < 4.78 is 30.8. The molecule has 96 valence electrons. The molecule has 1 aromatic carbocycles. The molecule has 0 radical (unpaired) electrons. The number of rotatable bonds is 2. The summed E-state index contributed by atoms with van der Waals surface area (Å²) in [5, 5.41) is 0. The average molecular weight is 254 g/mol. The van der Waals surface area contributed by atoms with Gasteiger partial charge in [-0.2, -0.15) is 0 Å². The Hall–Kier alpha value is -1.78. The second-order valence-electron chi connectivity index (χ2n) is 4.43. The number of hydrogen-bond donors (Lipinski definition) is 0. The first-order chi connectivity index (χ1) is 8.43. The minimum atomic E-state index is -3.08. The average Bonchev–Trinajstić information content (AvgIpc) is 2.63. The van der Waals surface area contributed by atoms with E-state index in [9.17, 15) is 18.4 Å². The van der Waals surface area contributed by atoms with E-state index in [4.69, 9.17) is 0 Å². The molecule has 0 saturated heterocycles. The van der Waals surface area contributed by atoms with Gasteiger partial charge in [0.25, 0.3) is 6.43 Å². The van der Waals surface area contributed by atoms with Crippen LogP contribution in [0.3, 0.4) is 0 Å². The summed E-state index contributed by atoms with van der Waals surface area (Å²) in [4.78, 5) is 23.8. The molecule has 0 heterocycles. The van der Waals surface area contributed by atoms with Gasteiger partial charge in [0.05, 0.1) is 7.11 Å². The second-order valence-corrected chi connectivity index (χ2v) is 4.43. The molecule has 1 unspecified atom stereocenters. The third kappa shape index (κ3) is 1.54. The fourth-order valence-corrected chi connectivity index (χ4v) is 2.29. The molecule has 18 heavy (non-hydrogen) atoms. The number of fused-ring (bicyclic) bond motifs is 1. The number of Topliss-reactive ketones (excluding diaryl/α,β-unsaturated/α-hetero) is 1. The first kappa shape index (κ1) is 12.7. The number of carbonyl (C=O) groups is 2. The van der Waals surface area contributed by atoms with Crippen LogP contribution in [0.1, 0.15) is 21.5 Å². The maximum Gasteiger partial charge on any atom is 0.326 e. The molecule has 0 amide bonds. The summed E-state index contributed by atoms with van der Waals surface area (Å²) in [6.45, 7) is 1.76. The van der Waals surface area contributed by atoms with Crippen molar-refractivity contribution in [1.29, 1.82) is 0 Å². The molecule has 0 aromatic heterocycles. The maximum absolute atomic E-state index is 13.2. The van der Waals surface area contributed by atoms with E-state index in [1.165, 1.54) is 6.07 Å². The van der Waals surface area contributed by atoms with E-state index in [2.05, 4.69) is 4.74 Å². The van der Waals surface area contributed by atoms with Crippen LogP contribution in [0.5, 0.6) is 0 Å². The molecule has 0 aliphatic heterocycles. The summed E-state index contributed by atoms with van der Waals surface area (Å²) in [6.07, 6.45) is -3.38. The number of benzene rings is 1. The first-order valence-corrected chi connectivity index (χ1v) is 5.44. The van der Waals surface area contributed by atoms with Gasteiger partial charge in [-0.25, -0.2) is 8.78 Å².